The van der Waals surface area contributed by atoms with Crippen LogP contribution in [0.1, 0.15) is 78.1 Å². The molecule has 0 bridgehead atoms. The zero-order chi connectivity index (χ0) is 15.1. The Hall–Kier alpha value is -0.120. The van der Waals surface area contributed by atoms with E-state index in [-0.39, 0.29) is 12.6 Å². The van der Waals surface area contributed by atoms with Crippen molar-refractivity contribution in [2.24, 2.45) is 0 Å². The third-order valence-corrected chi connectivity index (χ3v) is 5.31. The molecule has 2 N–H and O–H groups in total. The third-order valence-electron chi connectivity index (χ3n) is 5.31. The Morgan fingerprint density at radius 1 is 0.905 bits per heavy atom. The number of aliphatic hydroxyl groups is 1. The molecule has 3 heteroatoms. The molecule has 0 aromatic heterocycles. The van der Waals surface area contributed by atoms with Crippen molar-refractivity contribution in [3.8, 4) is 0 Å². The van der Waals surface area contributed by atoms with E-state index in [0.717, 1.165) is 18.6 Å². The van der Waals surface area contributed by atoms with Gasteiger partial charge in [0, 0.05) is 30.7 Å². The number of rotatable bonds is 7. The molecule has 2 aliphatic rings. The minimum Gasteiger partial charge on any atom is -0.395 e. The van der Waals surface area contributed by atoms with Crippen LogP contribution in [0.4, 0.5) is 0 Å². The van der Waals surface area contributed by atoms with E-state index in [1.807, 2.05) is 0 Å². The summed E-state index contributed by atoms with van der Waals surface area (Å²) in [6.07, 6.45) is 13.9. The van der Waals surface area contributed by atoms with E-state index < -0.39 is 0 Å². The minimum absolute atomic E-state index is 0.230. The monoisotopic (exact) mass is 296 g/mol. The third kappa shape index (κ3) is 5.54. The number of nitrogens with one attached hydrogen (secondary N) is 1. The number of hydrogen-bond donors (Lipinski definition) is 2. The highest BCUT2D eigenvalue weighted by Gasteiger charge is 2.30. The Morgan fingerprint density at radius 2 is 1.38 bits per heavy atom. The summed E-state index contributed by atoms with van der Waals surface area (Å²) >= 11 is 0. The van der Waals surface area contributed by atoms with Gasteiger partial charge < -0.3 is 10.4 Å². The SMILES string of the molecule is CC(C)NC(CO)CN(C1CCCCC1)C1CCCCC1. The van der Waals surface area contributed by atoms with E-state index in [9.17, 15) is 5.11 Å². The van der Waals surface area contributed by atoms with Gasteiger partial charge in [0.1, 0.15) is 0 Å². The quantitative estimate of drug-likeness (QED) is 0.756. The molecule has 0 aliphatic heterocycles. The fraction of sp³-hybridized carbons (Fsp3) is 1.00. The Bertz CT molecular complexity index is 252. The molecule has 3 nitrogen and oxygen atoms in total. The lowest BCUT2D eigenvalue weighted by atomic mass is 9.88. The first-order valence-corrected chi connectivity index (χ1v) is 9.33. The van der Waals surface area contributed by atoms with Crippen molar-refractivity contribution in [2.45, 2.75) is 102 Å². The van der Waals surface area contributed by atoms with E-state index in [4.69, 9.17) is 0 Å². The maximum atomic E-state index is 9.73. The van der Waals surface area contributed by atoms with Gasteiger partial charge in [-0.25, -0.2) is 0 Å². The smallest absolute Gasteiger partial charge is 0.0597 e. The van der Waals surface area contributed by atoms with Crippen LogP contribution in [0.25, 0.3) is 0 Å². The van der Waals surface area contributed by atoms with Crippen LogP contribution in [-0.2, 0) is 0 Å². The lowest BCUT2D eigenvalue weighted by Crippen LogP contribution is -2.53. The lowest BCUT2D eigenvalue weighted by molar-refractivity contribution is 0.0590. The van der Waals surface area contributed by atoms with Gasteiger partial charge in [-0.05, 0) is 25.7 Å². The summed E-state index contributed by atoms with van der Waals surface area (Å²) in [5, 5.41) is 13.3. The van der Waals surface area contributed by atoms with E-state index in [1.54, 1.807) is 0 Å². The average molecular weight is 296 g/mol. The van der Waals surface area contributed by atoms with Crippen molar-refractivity contribution >= 4 is 0 Å². The molecule has 2 fully saturated rings. The van der Waals surface area contributed by atoms with Gasteiger partial charge in [0.2, 0.25) is 0 Å². The van der Waals surface area contributed by atoms with Gasteiger partial charge in [0.15, 0.2) is 0 Å². The Balaban J connectivity index is 1.98. The second kappa shape index (κ2) is 9.12. The van der Waals surface area contributed by atoms with Crippen LogP contribution >= 0.6 is 0 Å². The topological polar surface area (TPSA) is 35.5 Å². The normalized spacial score (nSPS) is 23.9. The fourth-order valence-corrected chi connectivity index (χ4v) is 4.31. The number of nitrogens with zero attached hydrogens (tertiary/aromatic N) is 1. The Kier molecular flexibility index (Phi) is 7.48. The molecule has 2 aliphatic carbocycles. The molecule has 0 aromatic rings. The van der Waals surface area contributed by atoms with Crippen LogP contribution in [0.3, 0.4) is 0 Å². The maximum Gasteiger partial charge on any atom is 0.0597 e. The molecule has 0 saturated heterocycles. The largest absolute Gasteiger partial charge is 0.395 e. The van der Waals surface area contributed by atoms with Crippen molar-refractivity contribution < 1.29 is 5.11 Å². The first kappa shape index (κ1) is 17.2. The van der Waals surface area contributed by atoms with Gasteiger partial charge >= 0.3 is 0 Å². The van der Waals surface area contributed by atoms with Crippen molar-refractivity contribution in [1.29, 1.82) is 0 Å². The highest BCUT2D eigenvalue weighted by molar-refractivity contribution is 4.87. The highest BCUT2D eigenvalue weighted by Crippen LogP contribution is 2.30. The van der Waals surface area contributed by atoms with Crippen LogP contribution in [0.15, 0.2) is 0 Å². The predicted molar refractivity (Wildman–Crippen MR) is 89.6 cm³/mol. The molecular weight excluding hydrogens is 260 g/mol. The summed E-state index contributed by atoms with van der Waals surface area (Å²) in [5.41, 5.74) is 0. The van der Waals surface area contributed by atoms with Gasteiger partial charge in [-0.15, -0.1) is 0 Å². The molecule has 124 valence electrons. The molecule has 1 atom stereocenters. The van der Waals surface area contributed by atoms with Gasteiger partial charge in [-0.2, -0.15) is 0 Å². The summed E-state index contributed by atoms with van der Waals surface area (Å²) < 4.78 is 0. The Morgan fingerprint density at radius 3 is 1.76 bits per heavy atom. The van der Waals surface area contributed by atoms with E-state index in [1.165, 1.54) is 64.2 Å². The van der Waals surface area contributed by atoms with Crippen molar-refractivity contribution in [3.63, 3.8) is 0 Å². The van der Waals surface area contributed by atoms with Crippen LogP contribution in [0.2, 0.25) is 0 Å². The average Bonchev–Trinajstić information content (AvgIpc) is 2.52. The van der Waals surface area contributed by atoms with E-state index >= 15 is 0 Å². The lowest BCUT2D eigenvalue weighted by Gasteiger charge is -2.43. The van der Waals surface area contributed by atoms with Gasteiger partial charge in [-0.1, -0.05) is 52.4 Å². The van der Waals surface area contributed by atoms with Crippen LogP contribution in [-0.4, -0.2) is 47.3 Å². The van der Waals surface area contributed by atoms with Gasteiger partial charge in [-0.3, -0.25) is 4.90 Å². The number of hydrogen-bond acceptors (Lipinski definition) is 3. The summed E-state index contributed by atoms with van der Waals surface area (Å²) in [5.74, 6) is 0. The second-order valence-corrected chi connectivity index (χ2v) is 7.48. The van der Waals surface area contributed by atoms with Crippen molar-refractivity contribution in [2.75, 3.05) is 13.2 Å². The van der Waals surface area contributed by atoms with Crippen LogP contribution < -0.4 is 5.32 Å². The van der Waals surface area contributed by atoms with E-state index in [2.05, 4.69) is 24.1 Å². The van der Waals surface area contributed by atoms with Gasteiger partial charge in [0.05, 0.1) is 6.61 Å². The standard InChI is InChI=1S/C18H36N2O/c1-15(2)19-16(14-21)13-20(17-9-5-3-6-10-17)18-11-7-4-8-12-18/h15-19,21H,3-14H2,1-2H3. The molecule has 0 amide bonds. The second-order valence-electron chi connectivity index (χ2n) is 7.48. The summed E-state index contributed by atoms with van der Waals surface area (Å²) in [6.45, 7) is 5.64. The Labute approximate surface area is 131 Å². The first-order valence-electron chi connectivity index (χ1n) is 9.33. The molecule has 2 saturated carbocycles. The zero-order valence-electron chi connectivity index (χ0n) is 14.2. The minimum atomic E-state index is 0.230. The highest BCUT2D eigenvalue weighted by atomic mass is 16.3. The molecule has 1 unspecified atom stereocenters. The molecule has 0 spiro atoms. The predicted octanol–water partition coefficient (Wildman–Crippen LogP) is 3.31. The molecule has 0 radical (unpaired) electrons. The number of aliphatic hydroxyl groups excluding tert-OH is 1. The van der Waals surface area contributed by atoms with Crippen molar-refractivity contribution in [1.82, 2.24) is 10.2 Å². The molecule has 21 heavy (non-hydrogen) atoms. The maximum absolute atomic E-state index is 9.73. The van der Waals surface area contributed by atoms with Crippen LogP contribution in [0.5, 0.6) is 0 Å². The van der Waals surface area contributed by atoms with Crippen LogP contribution in [0, 0.1) is 0 Å². The van der Waals surface area contributed by atoms with E-state index in [0.29, 0.717) is 6.04 Å². The summed E-state index contributed by atoms with van der Waals surface area (Å²) in [6, 6.07) is 2.21. The van der Waals surface area contributed by atoms with Crippen molar-refractivity contribution in [3.05, 3.63) is 0 Å². The fourth-order valence-electron chi connectivity index (χ4n) is 4.31. The summed E-state index contributed by atoms with van der Waals surface area (Å²) in [7, 11) is 0. The van der Waals surface area contributed by atoms with Gasteiger partial charge in [0.25, 0.3) is 0 Å². The first-order chi connectivity index (χ1) is 10.2. The zero-order valence-corrected chi connectivity index (χ0v) is 14.2. The summed E-state index contributed by atoms with van der Waals surface area (Å²) in [4.78, 5) is 2.79. The molecule has 2 rings (SSSR count). The molecular formula is C18H36N2O. The molecule has 0 aromatic carbocycles. The molecule has 0 heterocycles.